The van der Waals surface area contributed by atoms with E-state index in [9.17, 15) is 9.59 Å². The Morgan fingerprint density at radius 1 is 1.39 bits per heavy atom. The van der Waals surface area contributed by atoms with E-state index in [4.69, 9.17) is 0 Å². The molecule has 0 aliphatic heterocycles. The Bertz CT molecular complexity index is 619. The molecule has 0 aliphatic carbocycles. The van der Waals surface area contributed by atoms with Crippen LogP contribution in [0.1, 0.15) is 26.2 Å². The highest BCUT2D eigenvalue weighted by atomic mass is 16.2. The largest absolute Gasteiger partial charge is 0.273 e. The number of rotatable bonds is 4. The van der Waals surface area contributed by atoms with Crippen molar-refractivity contribution in [2.75, 3.05) is 5.43 Å². The molecule has 2 aromatic rings. The van der Waals surface area contributed by atoms with E-state index in [-0.39, 0.29) is 11.5 Å². The molecule has 2 rings (SSSR count). The smallest absolute Gasteiger partial charge is 0.271 e. The minimum absolute atomic E-state index is 0.169. The van der Waals surface area contributed by atoms with Gasteiger partial charge in [-0.2, -0.15) is 4.68 Å². The van der Waals surface area contributed by atoms with Gasteiger partial charge >= 0.3 is 0 Å². The lowest BCUT2D eigenvalue weighted by atomic mass is 10.2. The second kappa shape index (κ2) is 5.44. The Kier molecular flexibility index (Phi) is 3.72. The van der Waals surface area contributed by atoms with Crippen LogP contribution in [0.25, 0.3) is 11.0 Å². The van der Waals surface area contributed by atoms with Gasteiger partial charge in [-0.15, -0.1) is 0 Å². The summed E-state index contributed by atoms with van der Waals surface area (Å²) in [6.07, 6.45) is 3.75. The maximum Gasteiger partial charge on any atom is 0.271 e. The van der Waals surface area contributed by atoms with E-state index in [2.05, 4.69) is 10.4 Å². The fraction of sp³-hybridized carbons (Fsp3) is 0.308. The van der Waals surface area contributed by atoms with Crippen molar-refractivity contribution in [3.8, 4) is 0 Å². The van der Waals surface area contributed by atoms with Gasteiger partial charge < -0.3 is 0 Å². The molecule has 1 amide bonds. The van der Waals surface area contributed by atoms with E-state index >= 15 is 0 Å². The minimum atomic E-state index is -0.286. The van der Waals surface area contributed by atoms with Gasteiger partial charge in [-0.05, 0) is 24.6 Å². The first kappa shape index (κ1) is 12.3. The summed E-state index contributed by atoms with van der Waals surface area (Å²) in [5.74, 6) is -0.169. The van der Waals surface area contributed by atoms with Crippen molar-refractivity contribution in [1.29, 1.82) is 0 Å². The summed E-state index contributed by atoms with van der Waals surface area (Å²) >= 11 is 0. The summed E-state index contributed by atoms with van der Waals surface area (Å²) in [6.45, 7) is 2.01. The number of nitrogens with one attached hydrogen (secondary N) is 1. The molecule has 0 aromatic carbocycles. The fourth-order valence-corrected chi connectivity index (χ4v) is 1.69. The van der Waals surface area contributed by atoms with Crippen molar-refractivity contribution >= 4 is 16.9 Å². The van der Waals surface area contributed by atoms with E-state index in [1.165, 1.54) is 10.7 Å². The average molecular weight is 245 g/mol. The molecule has 0 saturated carbocycles. The van der Waals surface area contributed by atoms with Crippen molar-refractivity contribution < 1.29 is 4.79 Å². The molecule has 0 atom stereocenters. The zero-order chi connectivity index (χ0) is 13.0. The van der Waals surface area contributed by atoms with Crippen molar-refractivity contribution in [2.45, 2.75) is 26.2 Å². The third-order valence-electron chi connectivity index (χ3n) is 2.65. The van der Waals surface area contributed by atoms with E-state index in [0.29, 0.717) is 12.1 Å². The van der Waals surface area contributed by atoms with E-state index in [1.54, 1.807) is 18.3 Å². The van der Waals surface area contributed by atoms with Crippen molar-refractivity contribution in [3.05, 3.63) is 40.8 Å². The Labute approximate surface area is 104 Å². The summed E-state index contributed by atoms with van der Waals surface area (Å²) < 4.78 is 1.20. The van der Waals surface area contributed by atoms with Gasteiger partial charge in [-0.3, -0.25) is 15.0 Å². The second-order valence-corrected chi connectivity index (χ2v) is 4.06. The third-order valence-corrected chi connectivity index (χ3v) is 2.65. The molecule has 0 unspecified atom stereocenters. The highest BCUT2D eigenvalue weighted by Crippen LogP contribution is 2.06. The minimum Gasteiger partial charge on any atom is -0.273 e. The van der Waals surface area contributed by atoms with Crippen molar-refractivity contribution in [1.82, 2.24) is 9.66 Å². The average Bonchev–Trinajstić information content (AvgIpc) is 2.40. The Morgan fingerprint density at radius 2 is 2.22 bits per heavy atom. The number of hydrogen-bond donors (Lipinski definition) is 1. The molecule has 2 aromatic heterocycles. The number of amides is 1. The molecule has 94 valence electrons. The fourth-order valence-electron chi connectivity index (χ4n) is 1.69. The monoisotopic (exact) mass is 245 g/mol. The standard InChI is InChI=1S/C13H15N3O2/c1-2-3-6-11(17)15-16-12(18)8-7-10-5-4-9-14-13(10)16/h4-5,7-9H,2-3,6H2,1H3,(H,15,17). The molecule has 1 N–H and O–H groups in total. The zero-order valence-electron chi connectivity index (χ0n) is 10.2. The number of aromatic nitrogens is 2. The highest BCUT2D eigenvalue weighted by Gasteiger charge is 2.07. The molecule has 0 radical (unpaired) electrons. The van der Waals surface area contributed by atoms with Gasteiger partial charge in [-0.25, -0.2) is 4.98 Å². The van der Waals surface area contributed by atoms with Crippen LogP contribution in [0.4, 0.5) is 0 Å². The van der Waals surface area contributed by atoms with Crippen LogP contribution >= 0.6 is 0 Å². The van der Waals surface area contributed by atoms with Crippen LogP contribution in [0.15, 0.2) is 35.3 Å². The van der Waals surface area contributed by atoms with Crippen molar-refractivity contribution in [2.24, 2.45) is 0 Å². The molecule has 5 nitrogen and oxygen atoms in total. The first-order valence-electron chi connectivity index (χ1n) is 5.99. The van der Waals surface area contributed by atoms with Gasteiger partial charge in [0.05, 0.1) is 0 Å². The predicted molar refractivity (Wildman–Crippen MR) is 69.9 cm³/mol. The number of nitrogens with zero attached hydrogens (tertiary/aromatic N) is 2. The molecule has 5 heteroatoms. The molecule has 0 fully saturated rings. The van der Waals surface area contributed by atoms with Crippen LogP contribution in [0.3, 0.4) is 0 Å². The van der Waals surface area contributed by atoms with E-state index in [0.717, 1.165) is 18.2 Å². The van der Waals surface area contributed by atoms with Gasteiger partial charge in [0.15, 0.2) is 5.65 Å². The van der Waals surface area contributed by atoms with E-state index in [1.807, 2.05) is 13.0 Å². The molecule has 0 spiro atoms. The van der Waals surface area contributed by atoms with Crippen LogP contribution in [0, 0.1) is 0 Å². The van der Waals surface area contributed by atoms with Crippen LogP contribution in [-0.2, 0) is 4.79 Å². The SMILES string of the molecule is CCCCC(=O)Nn1c(=O)ccc2cccnc21. The van der Waals surface area contributed by atoms with Gasteiger partial charge in [0.25, 0.3) is 5.56 Å². The van der Waals surface area contributed by atoms with Crippen LogP contribution < -0.4 is 11.0 Å². The number of carbonyl (C=O) groups excluding carboxylic acids is 1. The number of carbonyl (C=O) groups is 1. The van der Waals surface area contributed by atoms with Gasteiger partial charge in [-0.1, -0.05) is 13.3 Å². The van der Waals surface area contributed by atoms with E-state index < -0.39 is 0 Å². The molecule has 0 aliphatic rings. The summed E-state index contributed by atoms with van der Waals surface area (Å²) in [4.78, 5) is 27.5. The zero-order valence-corrected chi connectivity index (χ0v) is 10.2. The second-order valence-electron chi connectivity index (χ2n) is 4.06. The molecular weight excluding hydrogens is 230 g/mol. The molecule has 0 saturated heterocycles. The first-order valence-corrected chi connectivity index (χ1v) is 5.99. The Balaban J connectivity index is 2.35. The normalized spacial score (nSPS) is 10.5. The van der Waals surface area contributed by atoms with Gasteiger partial charge in [0, 0.05) is 24.1 Å². The Morgan fingerprint density at radius 3 is 3.00 bits per heavy atom. The maximum atomic E-state index is 11.8. The lowest BCUT2D eigenvalue weighted by molar-refractivity contribution is -0.117. The number of fused-ring (bicyclic) bond motifs is 1. The first-order chi connectivity index (χ1) is 8.72. The van der Waals surface area contributed by atoms with Gasteiger partial charge in [0.1, 0.15) is 0 Å². The quantitative estimate of drug-likeness (QED) is 0.890. The van der Waals surface area contributed by atoms with Crippen LogP contribution in [0.2, 0.25) is 0 Å². The van der Waals surface area contributed by atoms with Crippen LogP contribution in [0.5, 0.6) is 0 Å². The van der Waals surface area contributed by atoms with Crippen molar-refractivity contribution in [3.63, 3.8) is 0 Å². The lowest BCUT2D eigenvalue weighted by Crippen LogP contribution is -2.33. The number of hydrogen-bond acceptors (Lipinski definition) is 3. The number of pyridine rings is 2. The summed E-state index contributed by atoms with van der Waals surface area (Å²) in [5, 5.41) is 0.813. The van der Waals surface area contributed by atoms with Crippen LogP contribution in [-0.4, -0.2) is 15.6 Å². The summed E-state index contributed by atoms with van der Waals surface area (Å²) in [5.41, 5.74) is 2.77. The van der Waals surface area contributed by atoms with Gasteiger partial charge in [0.2, 0.25) is 5.91 Å². The summed E-state index contributed by atoms with van der Waals surface area (Å²) in [7, 11) is 0. The molecular formula is C13H15N3O2. The topological polar surface area (TPSA) is 64.0 Å². The summed E-state index contributed by atoms with van der Waals surface area (Å²) in [6, 6.07) is 6.75. The third kappa shape index (κ3) is 2.56. The Hall–Kier alpha value is -2.17. The molecule has 18 heavy (non-hydrogen) atoms. The highest BCUT2D eigenvalue weighted by molar-refractivity contribution is 5.85. The molecule has 2 heterocycles. The predicted octanol–water partition coefficient (Wildman–Crippen LogP) is 1.66. The number of unbranched alkanes of at least 4 members (excludes halogenated alkanes) is 1. The molecule has 0 bridgehead atoms. The maximum absolute atomic E-state index is 11.8. The lowest BCUT2D eigenvalue weighted by Gasteiger charge is -2.10.